The average Bonchev–Trinajstić information content (AvgIpc) is 1.21. The van der Waals surface area contributed by atoms with Crippen molar-refractivity contribution in [3.05, 3.63) is 0 Å². The molecule has 1 unspecified atom stereocenters. The van der Waals surface area contributed by atoms with Crippen molar-refractivity contribution in [2.75, 3.05) is 0 Å². The van der Waals surface area contributed by atoms with Gasteiger partial charge >= 0.3 is 0 Å². The van der Waals surface area contributed by atoms with E-state index in [2.05, 4.69) is 30.0 Å². The normalized spacial score (nSPS) is 16.1. The summed E-state index contributed by atoms with van der Waals surface area (Å²) in [6.45, 7) is 6.33. The van der Waals surface area contributed by atoms with Crippen LogP contribution in [-0.2, 0) is 0 Å². The molecule has 0 aromatic heterocycles. The largest absolute Gasteiger partial charge is 0.389 e. The van der Waals surface area contributed by atoms with E-state index in [9.17, 15) is 0 Å². The van der Waals surface area contributed by atoms with Crippen LogP contribution >= 0.6 is 9.24 Å². The average molecular weight is 134 g/mol. The molecular weight excluding hydrogens is 119 g/mol. The van der Waals surface area contributed by atoms with E-state index in [0.29, 0.717) is 0 Å². The predicted octanol–water partition coefficient (Wildman–Crippen LogP) is 1.62. The topological polar surface area (TPSA) is 20.2 Å². The quantitative estimate of drug-likeness (QED) is 0.540. The number of aliphatic hydroxyl groups is 1. The van der Waals surface area contributed by atoms with E-state index in [4.69, 9.17) is 5.11 Å². The van der Waals surface area contributed by atoms with Gasteiger partial charge in [0.1, 0.15) is 0 Å². The van der Waals surface area contributed by atoms with Gasteiger partial charge in [-0.25, -0.2) is 0 Å². The van der Waals surface area contributed by atoms with Gasteiger partial charge in [-0.15, -0.1) is 9.24 Å². The molecule has 2 atom stereocenters. The lowest BCUT2D eigenvalue weighted by atomic mass is 9.93. The maximum absolute atomic E-state index is 8.85. The first-order valence-electron chi connectivity index (χ1n) is 2.85. The minimum Gasteiger partial charge on any atom is -0.389 e. The molecule has 0 spiro atoms. The van der Waals surface area contributed by atoms with Crippen LogP contribution in [0.4, 0.5) is 0 Å². The molecule has 0 aromatic carbocycles. The monoisotopic (exact) mass is 134 g/mol. The summed E-state index contributed by atoms with van der Waals surface area (Å²) in [5.74, 6) is -0.241. The maximum Gasteiger partial charge on any atom is 0.0678 e. The molecule has 2 heteroatoms. The molecule has 0 rings (SSSR count). The number of hydrogen-bond acceptors (Lipinski definition) is 1. The fraction of sp³-hybridized carbons (Fsp3) is 1.00. The molecule has 0 saturated heterocycles. The minimum absolute atomic E-state index is 0.241. The molecule has 0 aliphatic carbocycles. The second-order valence-electron chi connectivity index (χ2n) is 3.33. The third-order valence-corrected chi connectivity index (χ3v) is 1.06. The van der Waals surface area contributed by atoms with Crippen molar-refractivity contribution in [1.29, 1.82) is 0 Å². The van der Waals surface area contributed by atoms with E-state index >= 15 is 0 Å². The van der Waals surface area contributed by atoms with E-state index < -0.39 is 0 Å². The van der Waals surface area contributed by atoms with Gasteiger partial charge < -0.3 is 5.11 Å². The fourth-order valence-electron chi connectivity index (χ4n) is 0.627. The van der Waals surface area contributed by atoms with Gasteiger partial charge in [0.05, 0.1) is 5.85 Å². The molecule has 0 aliphatic rings. The van der Waals surface area contributed by atoms with Crippen molar-refractivity contribution in [2.24, 2.45) is 5.41 Å². The summed E-state index contributed by atoms with van der Waals surface area (Å²) in [6.07, 6.45) is 0.845. The van der Waals surface area contributed by atoms with Crippen molar-refractivity contribution < 1.29 is 5.11 Å². The highest BCUT2D eigenvalue weighted by Crippen LogP contribution is 2.22. The zero-order chi connectivity index (χ0) is 6.78. The summed E-state index contributed by atoms with van der Waals surface area (Å²) in [5, 5.41) is 8.85. The van der Waals surface area contributed by atoms with Gasteiger partial charge in [0.2, 0.25) is 0 Å². The Kier molecular flexibility index (Phi) is 2.93. The van der Waals surface area contributed by atoms with Crippen LogP contribution in [0, 0.1) is 5.41 Å². The second kappa shape index (κ2) is 2.80. The number of aliphatic hydroxyl groups excluding tert-OH is 1. The van der Waals surface area contributed by atoms with Crippen LogP contribution in [0.2, 0.25) is 0 Å². The van der Waals surface area contributed by atoms with Crippen molar-refractivity contribution >= 4 is 9.24 Å². The van der Waals surface area contributed by atoms with E-state index in [1.54, 1.807) is 0 Å². The van der Waals surface area contributed by atoms with Gasteiger partial charge in [0.25, 0.3) is 0 Å². The molecule has 0 aromatic rings. The molecule has 1 nitrogen and oxygen atoms in total. The molecule has 0 heterocycles. The van der Waals surface area contributed by atoms with Gasteiger partial charge in [-0.05, 0) is 11.8 Å². The van der Waals surface area contributed by atoms with Crippen LogP contribution in [0.25, 0.3) is 0 Å². The van der Waals surface area contributed by atoms with Gasteiger partial charge in [0.15, 0.2) is 0 Å². The van der Waals surface area contributed by atoms with Crippen LogP contribution in [0.3, 0.4) is 0 Å². The zero-order valence-electron chi connectivity index (χ0n) is 5.81. The Labute approximate surface area is 53.7 Å². The summed E-state index contributed by atoms with van der Waals surface area (Å²) in [4.78, 5) is 0. The maximum atomic E-state index is 8.85. The smallest absolute Gasteiger partial charge is 0.0678 e. The van der Waals surface area contributed by atoms with Crippen molar-refractivity contribution in [1.82, 2.24) is 0 Å². The van der Waals surface area contributed by atoms with Gasteiger partial charge in [-0.1, -0.05) is 20.8 Å². The first kappa shape index (κ1) is 8.39. The highest BCUT2D eigenvalue weighted by Gasteiger charge is 2.12. The molecular formula is C6H15OP. The predicted molar refractivity (Wildman–Crippen MR) is 39.8 cm³/mol. The number of hydrogen-bond donors (Lipinski definition) is 1. The van der Waals surface area contributed by atoms with Crippen LogP contribution in [0.1, 0.15) is 27.2 Å². The lowest BCUT2D eigenvalue weighted by Crippen LogP contribution is -2.11. The van der Waals surface area contributed by atoms with Crippen LogP contribution in [0.15, 0.2) is 0 Å². The third kappa shape index (κ3) is 6.39. The third-order valence-electron chi connectivity index (χ3n) is 0.822. The molecule has 1 N–H and O–H groups in total. The van der Waals surface area contributed by atoms with Gasteiger partial charge in [-0.2, -0.15) is 0 Å². The van der Waals surface area contributed by atoms with Gasteiger partial charge in [0, 0.05) is 0 Å². The van der Waals surface area contributed by atoms with Gasteiger partial charge in [-0.3, -0.25) is 0 Å². The van der Waals surface area contributed by atoms with Crippen molar-refractivity contribution in [2.45, 2.75) is 33.0 Å². The Hall–Kier alpha value is 0.390. The summed E-state index contributed by atoms with van der Waals surface area (Å²) in [6, 6.07) is 0. The summed E-state index contributed by atoms with van der Waals surface area (Å²) >= 11 is 0. The highest BCUT2D eigenvalue weighted by atomic mass is 31.0. The number of rotatable bonds is 1. The first-order valence-corrected chi connectivity index (χ1v) is 3.52. The molecule has 50 valence electrons. The molecule has 8 heavy (non-hydrogen) atoms. The van der Waals surface area contributed by atoms with E-state index in [-0.39, 0.29) is 11.3 Å². The van der Waals surface area contributed by atoms with Crippen LogP contribution in [0.5, 0.6) is 0 Å². The summed E-state index contributed by atoms with van der Waals surface area (Å²) in [5.41, 5.74) is 0.251. The fourth-order valence-corrected chi connectivity index (χ4v) is 1.33. The molecule has 0 radical (unpaired) electrons. The lowest BCUT2D eigenvalue weighted by Gasteiger charge is -2.19. The molecule has 0 amide bonds. The standard InChI is InChI=1S/C6H15OP/c1-6(2,3)4-5(7)8/h5,7H,4,8H2,1-3H3/t5-/m1/s1. The van der Waals surface area contributed by atoms with E-state index in [0.717, 1.165) is 6.42 Å². The lowest BCUT2D eigenvalue weighted by molar-refractivity contribution is 0.195. The van der Waals surface area contributed by atoms with Crippen molar-refractivity contribution in [3.63, 3.8) is 0 Å². The van der Waals surface area contributed by atoms with Crippen LogP contribution < -0.4 is 0 Å². The zero-order valence-corrected chi connectivity index (χ0v) is 6.96. The Balaban J connectivity index is 3.39. The van der Waals surface area contributed by atoms with E-state index in [1.165, 1.54) is 0 Å². The minimum atomic E-state index is -0.241. The second-order valence-corrected chi connectivity index (χ2v) is 4.10. The molecule has 0 saturated carbocycles. The SMILES string of the molecule is CC(C)(C)C[C@H](O)P. The Morgan fingerprint density at radius 2 is 1.88 bits per heavy atom. The molecule has 0 fully saturated rings. The highest BCUT2D eigenvalue weighted by molar-refractivity contribution is 7.17. The Morgan fingerprint density at radius 3 is 1.88 bits per heavy atom. The molecule has 0 aliphatic heterocycles. The summed E-state index contributed by atoms with van der Waals surface area (Å²) < 4.78 is 0. The van der Waals surface area contributed by atoms with Crippen molar-refractivity contribution in [3.8, 4) is 0 Å². The Morgan fingerprint density at radius 1 is 1.50 bits per heavy atom. The van der Waals surface area contributed by atoms with E-state index in [1.807, 2.05) is 0 Å². The molecule has 0 bridgehead atoms. The van der Waals surface area contributed by atoms with Crippen LogP contribution in [-0.4, -0.2) is 11.0 Å². The Bertz CT molecular complexity index is 63.4. The first-order chi connectivity index (χ1) is 3.42. The summed E-state index contributed by atoms with van der Waals surface area (Å²) in [7, 11) is 2.38.